The van der Waals surface area contributed by atoms with Crippen LogP contribution in [0, 0.1) is 0 Å². The molecule has 17 heteroatoms. The molecule has 0 aliphatic heterocycles. The van der Waals surface area contributed by atoms with E-state index in [9.17, 15) is 29.1 Å². The maximum atomic E-state index is 13.2. The number of unbranched alkanes of at least 4 members (excludes halogenated alkanes) is 1. The van der Waals surface area contributed by atoms with E-state index in [4.69, 9.17) is 28.7 Å². The van der Waals surface area contributed by atoms with E-state index in [1.54, 1.807) is 0 Å². The molecule has 4 atom stereocenters. The average molecular weight is 554 g/mol. The van der Waals surface area contributed by atoms with E-state index in [-0.39, 0.29) is 38.2 Å². The largest absolute Gasteiger partial charge is 0.480 e. The van der Waals surface area contributed by atoms with Crippen LogP contribution in [0.4, 0.5) is 0 Å². The van der Waals surface area contributed by atoms with E-state index < -0.39 is 60.2 Å². The zero-order valence-electron chi connectivity index (χ0n) is 21.6. The predicted octanol–water partition coefficient (Wildman–Crippen LogP) is -4.12. The second-order valence-corrected chi connectivity index (χ2v) is 8.81. The van der Waals surface area contributed by atoms with Gasteiger partial charge in [-0.2, -0.15) is 0 Å². The van der Waals surface area contributed by atoms with Gasteiger partial charge in [-0.15, -0.1) is 0 Å². The average Bonchev–Trinajstić information content (AvgIpc) is 3.37. The first-order chi connectivity index (χ1) is 18.4. The van der Waals surface area contributed by atoms with Crippen molar-refractivity contribution in [3.05, 3.63) is 18.2 Å². The zero-order valence-corrected chi connectivity index (χ0v) is 21.6. The van der Waals surface area contributed by atoms with Crippen molar-refractivity contribution in [3.8, 4) is 0 Å². The molecule has 0 aliphatic rings. The van der Waals surface area contributed by atoms with Gasteiger partial charge < -0.3 is 54.7 Å². The van der Waals surface area contributed by atoms with Crippen molar-refractivity contribution in [1.29, 1.82) is 0 Å². The minimum atomic E-state index is -1.29. The summed E-state index contributed by atoms with van der Waals surface area (Å²) in [7, 11) is 0. The summed E-state index contributed by atoms with van der Waals surface area (Å²) in [6.45, 7) is 0.520. The molecule has 0 aromatic carbocycles. The van der Waals surface area contributed by atoms with Crippen LogP contribution in [0.5, 0.6) is 0 Å². The van der Waals surface area contributed by atoms with Gasteiger partial charge in [0, 0.05) is 24.9 Å². The molecule has 218 valence electrons. The Balaban J connectivity index is 3.02. The molecular weight excluding hydrogens is 514 g/mol. The smallest absolute Gasteiger partial charge is 0.326 e. The van der Waals surface area contributed by atoms with E-state index in [1.165, 1.54) is 12.5 Å². The molecule has 1 aromatic rings. The van der Waals surface area contributed by atoms with Gasteiger partial charge in [0.15, 0.2) is 5.96 Å². The number of aromatic amines is 1. The fraction of sp³-hybridized carbons (Fsp3) is 0.591. The van der Waals surface area contributed by atoms with Crippen LogP contribution in [0.2, 0.25) is 0 Å². The number of hydrogen-bond acceptors (Lipinski definition) is 9. The molecule has 0 fully saturated rings. The summed E-state index contributed by atoms with van der Waals surface area (Å²) < 4.78 is 0. The lowest BCUT2D eigenvalue weighted by atomic mass is 10.0. The zero-order chi connectivity index (χ0) is 29.4. The summed E-state index contributed by atoms with van der Waals surface area (Å²) >= 11 is 0. The summed E-state index contributed by atoms with van der Waals surface area (Å²) in [4.78, 5) is 72.1. The molecule has 0 bridgehead atoms. The fourth-order valence-electron chi connectivity index (χ4n) is 3.48. The summed E-state index contributed by atoms with van der Waals surface area (Å²) in [5, 5.41) is 17.0. The van der Waals surface area contributed by atoms with Gasteiger partial charge in [0.05, 0.1) is 18.8 Å². The van der Waals surface area contributed by atoms with Crippen LogP contribution in [0.1, 0.15) is 44.2 Å². The summed E-state index contributed by atoms with van der Waals surface area (Å²) in [6, 6.07) is -4.90. The maximum Gasteiger partial charge on any atom is 0.326 e. The number of guanidine groups is 1. The first-order valence-corrected chi connectivity index (χ1v) is 12.3. The number of carbonyl (C=O) groups is 5. The molecule has 15 N–H and O–H groups in total. The molecule has 17 nitrogen and oxygen atoms in total. The molecule has 4 amide bonds. The Kier molecular flexibility index (Phi) is 14.5. The van der Waals surface area contributed by atoms with Crippen molar-refractivity contribution in [1.82, 2.24) is 25.9 Å². The van der Waals surface area contributed by atoms with Gasteiger partial charge in [0.2, 0.25) is 23.6 Å². The van der Waals surface area contributed by atoms with E-state index in [2.05, 4.69) is 30.9 Å². The number of carboxylic acids is 1. The lowest BCUT2D eigenvalue weighted by Gasteiger charge is -2.25. The quantitative estimate of drug-likeness (QED) is 0.0445. The highest BCUT2D eigenvalue weighted by Gasteiger charge is 2.30. The van der Waals surface area contributed by atoms with Crippen LogP contribution in [-0.4, -0.2) is 87.9 Å². The Labute approximate surface area is 225 Å². The fourth-order valence-corrected chi connectivity index (χ4v) is 3.48. The minimum Gasteiger partial charge on any atom is -0.480 e. The third kappa shape index (κ3) is 13.2. The van der Waals surface area contributed by atoms with Gasteiger partial charge in [-0.25, -0.2) is 9.78 Å². The molecule has 0 aliphatic carbocycles. The number of carbonyl (C=O) groups excluding carboxylic acids is 4. The number of hydrogen-bond donors (Lipinski definition) is 10. The number of H-pyrrole nitrogens is 1. The Bertz CT molecular complexity index is 981. The number of carboxylic acid groups (broad SMARTS) is 1. The SMILES string of the molecule is NCCCCC(NC(=O)C(Cc1cnc[nH]1)NC(=O)C(N)CC(N)=O)C(=O)NC(CCCN=C(N)N)C(=O)O. The number of nitrogens with zero attached hydrogens (tertiary/aromatic N) is 2. The number of nitrogens with one attached hydrogen (secondary N) is 4. The molecule has 4 unspecified atom stereocenters. The molecule has 0 saturated carbocycles. The third-order valence-corrected chi connectivity index (χ3v) is 5.51. The van der Waals surface area contributed by atoms with Crippen LogP contribution in [-0.2, 0) is 30.4 Å². The van der Waals surface area contributed by atoms with Gasteiger partial charge >= 0.3 is 5.97 Å². The molecule has 0 saturated heterocycles. The van der Waals surface area contributed by atoms with E-state index >= 15 is 0 Å². The Hall–Kier alpha value is -4.25. The number of nitrogens with two attached hydrogens (primary N) is 5. The van der Waals surface area contributed by atoms with Crippen LogP contribution in [0.3, 0.4) is 0 Å². The summed E-state index contributed by atoms with van der Waals surface area (Å²) in [6.07, 6.45) is 3.83. The minimum absolute atomic E-state index is 0.0393. The number of aliphatic imine (C=N–C) groups is 1. The standard InChI is InChI=1S/C22H39N11O6/c23-6-2-1-4-14(19(36)32-15(21(38)39)5-3-7-29-22(26)27)31-20(37)16(8-12-10-28-11-30-12)33-18(35)13(24)9-17(25)34/h10-11,13-16H,1-9,23-24H2,(H2,25,34)(H,28,30)(H,31,37)(H,32,36)(H,33,35)(H,38,39)(H4,26,27,29). The van der Waals surface area contributed by atoms with Crippen LogP contribution in [0.25, 0.3) is 0 Å². The van der Waals surface area contributed by atoms with E-state index in [0.717, 1.165) is 0 Å². The highest BCUT2D eigenvalue weighted by Crippen LogP contribution is 2.07. The van der Waals surface area contributed by atoms with Crippen molar-refractivity contribution in [2.75, 3.05) is 13.1 Å². The Morgan fingerprint density at radius 2 is 1.54 bits per heavy atom. The van der Waals surface area contributed by atoms with Crippen LogP contribution < -0.4 is 44.6 Å². The van der Waals surface area contributed by atoms with E-state index in [0.29, 0.717) is 25.1 Å². The second kappa shape index (κ2) is 17.3. The Morgan fingerprint density at radius 3 is 2.10 bits per heavy atom. The van der Waals surface area contributed by atoms with Crippen molar-refractivity contribution < 1.29 is 29.1 Å². The van der Waals surface area contributed by atoms with Crippen molar-refractivity contribution in [3.63, 3.8) is 0 Å². The highest BCUT2D eigenvalue weighted by atomic mass is 16.4. The number of aromatic nitrogens is 2. The van der Waals surface area contributed by atoms with Gasteiger partial charge in [0.25, 0.3) is 0 Å². The maximum absolute atomic E-state index is 13.2. The predicted molar refractivity (Wildman–Crippen MR) is 140 cm³/mol. The van der Waals surface area contributed by atoms with Gasteiger partial charge in [0.1, 0.15) is 18.1 Å². The van der Waals surface area contributed by atoms with Crippen molar-refractivity contribution >= 4 is 35.6 Å². The molecule has 1 rings (SSSR count). The molecule has 1 heterocycles. The molecule has 39 heavy (non-hydrogen) atoms. The first-order valence-electron chi connectivity index (χ1n) is 12.3. The highest BCUT2D eigenvalue weighted by molar-refractivity contribution is 5.95. The summed E-state index contributed by atoms with van der Waals surface area (Å²) in [5.74, 6) is -4.48. The van der Waals surface area contributed by atoms with Crippen LogP contribution in [0.15, 0.2) is 17.5 Å². The second-order valence-electron chi connectivity index (χ2n) is 8.81. The van der Waals surface area contributed by atoms with E-state index in [1.807, 2.05) is 0 Å². The van der Waals surface area contributed by atoms with Crippen LogP contribution >= 0.6 is 0 Å². The molecule has 1 aromatic heterocycles. The monoisotopic (exact) mass is 553 g/mol. The lowest BCUT2D eigenvalue weighted by Crippen LogP contribution is -2.57. The molecular formula is C22H39N11O6. The normalized spacial score (nSPS) is 13.8. The number of rotatable bonds is 19. The first kappa shape index (κ1) is 32.8. The molecule has 0 radical (unpaired) electrons. The van der Waals surface area contributed by atoms with Gasteiger partial charge in [-0.1, -0.05) is 0 Å². The van der Waals surface area contributed by atoms with Gasteiger partial charge in [-0.05, 0) is 38.6 Å². The lowest BCUT2D eigenvalue weighted by molar-refractivity contribution is -0.142. The number of primary amides is 1. The number of amides is 4. The Morgan fingerprint density at radius 1 is 0.923 bits per heavy atom. The third-order valence-electron chi connectivity index (χ3n) is 5.51. The summed E-state index contributed by atoms with van der Waals surface area (Å²) in [5.41, 5.74) is 27.4. The van der Waals surface area contributed by atoms with Crippen molar-refractivity contribution in [2.24, 2.45) is 33.7 Å². The van der Waals surface area contributed by atoms with Crippen molar-refractivity contribution in [2.45, 2.75) is 69.1 Å². The molecule has 0 spiro atoms. The number of imidazole rings is 1. The van der Waals surface area contributed by atoms with Gasteiger partial charge in [-0.3, -0.25) is 24.2 Å². The number of aliphatic carboxylic acids is 1. The topological polar surface area (TPSA) is 313 Å².